The third kappa shape index (κ3) is 1.83. The number of hydrogen-bond acceptors (Lipinski definition) is 0. The Morgan fingerprint density at radius 2 is 1.50 bits per heavy atom. The van der Waals surface area contributed by atoms with Crippen LogP contribution in [0.1, 0.15) is 65.2 Å². The van der Waals surface area contributed by atoms with Crippen LogP contribution in [-0.2, 0) is 0 Å². The molecule has 0 nitrogen and oxygen atoms in total. The van der Waals surface area contributed by atoms with Crippen molar-refractivity contribution in [3.63, 3.8) is 0 Å². The van der Waals surface area contributed by atoms with Gasteiger partial charge in [-0.05, 0) is 67.6 Å². The van der Waals surface area contributed by atoms with Crippen LogP contribution in [0.4, 0.5) is 0 Å². The predicted molar refractivity (Wildman–Crippen MR) is 69.2 cm³/mol. The molecule has 0 spiro atoms. The molecule has 0 radical (unpaired) electrons. The second-order valence-electron chi connectivity index (χ2n) is 7.12. The fourth-order valence-corrected chi connectivity index (χ4v) is 4.74. The van der Waals surface area contributed by atoms with Crippen molar-refractivity contribution in [3.8, 4) is 0 Å². The lowest BCUT2D eigenvalue weighted by Gasteiger charge is -2.47. The Bertz CT molecular complexity index is 244. The average molecular weight is 220 g/mol. The lowest BCUT2D eigenvalue weighted by molar-refractivity contribution is 0.0351. The molecule has 0 aliphatic heterocycles. The zero-order chi connectivity index (χ0) is 11.1. The van der Waals surface area contributed by atoms with Crippen molar-refractivity contribution in [3.05, 3.63) is 0 Å². The first kappa shape index (κ1) is 11.1. The standard InChI is InChI=1S/C16H28/c1-11-6-7-13(11)10-14-8-9-16(14)15-5-3-4-12(15)2/h11-16H,3-10H2,1-2H3/t11?,12?,13?,14?,15?,16-/m0/s1. The molecule has 3 aliphatic rings. The summed E-state index contributed by atoms with van der Waals surface area (Å²) in [6.07, 6.45) is 12.4. The van der Waals surface area contributed by atoms with Gasteiger partial charge >= 0.3 is 0 Å². The average Bonchev–Trinajstić information content (AvgIpc) is 2.62. The molecule has 0 saturated heterocycles. The summed E-state index contributed by atoms with van der Waals surface area (Å²) in [4.78, 5) is 0. The summed E-state index contributed by atoms with van der Waals surface area (Å²) in [5, 5.41) is 0. The summed E-state index contributed by atoms with van der Waals surface area (Å²) in [5.41, 5.74) is 0. The zero-order valence-corrected chi connectivity index (χ0v) is 11.1. The molecule has 0 aromatic heterocycles. The van der Waals surface area contributed by atoms with Crippen LogP contribution in [-0.4, -0.2) is 0 Å². The van der Waals surface area contributed by atoms with E-state index in [1.807, 2.05) is 0 Å². The fraction of sp³-hybridized carbons (Fsp3) is 1.00. The Hall–Kier alpha value is 0. The lowest BCUT2D eigenvalue weighted by Crippen LogP contribution is -2.37. The van der Waals surface area contributed by atoms with Gasteiger partial charge in [-0.1, -0.05) is 33.1 Å². The molecule has 0 aromatic carbocycles. The molecule has 0 amide bonds. The molecule has 5 unspecified atom stereocenters. The molecule has 0 heterocycles. The summed E-state index contributed by atoms with van der Waals surface area (Å²) in [6, 6.07) is 0. The second-order valence-corrected chi connectivity index (χ2v) is 7.12. The van der Waals surface area contributed by atoms with Gasteiger partial charge in [-0.3, -0.25) is 0 Å². The van der Waals surface area contributed by atoms with Crippen molar-refractivity contribution in [2.45, 2.75) is 65.2 Å². The topological polar surface area (TPSA) is 0 Å². The van der Waals surface area contributed by atoms with Crippen LogP contribution in [0.3, 0.4) is 0 Å². The van der Waals surface area contributed by atoms with Crippen LogP contribution < -0.4 is 0 Å². The van der Waals surface area contributed by atoms with Gasteiger partial charge in [0.15, 0.2) is 0 Å². The minimum absolute atomic E-state index is 1.05. The summed E-state index contributed by atoms with van der Waals surface area (Å²) in [7, 11) is 0. The van der Waals surface area contributed by atoms with Crippen molar-refractivity contribution in [2.75, 3.05) is 0 Å². The van der Waals surface area contributed by atoms with Crippen LogP contribution in [0.15, 0.2) is 0 Å². The van der Waals surface area contributed by atoms with Gasteiger partial charge < -0.3 is 0 Å². The van der Waals surface area contributed by atoms with Gasteiger partial charge in [0.2, 0.25) is 0 Å². The molecule has 3 aliphatic carbocycles. The van der Waals surface area contributed by atoms with Gasteiger partial charge in [0.05, 0.1) is 0 Å². The predicted octanol–water partition coefficient (Wildman–Crippen LogP) is 4.89. The summed E-state index contributed by atoms with van der Waals surface area (Å²) in [5.74, 6) is 6.62. The maximum atomic E-state index is 2.51. The third-order valence-electron chi connectivity index (χ3n) is 6.36. The molecule has 3 saturated carbocycles. The van der Waals surface area contributed by atoms with Crippen molar-refractivity contribution in [1.29, 1.82) is 0 Å². The SMILES string of the molecule is CC1CCC1CC1CC[C@@H]1C1CCCC1C. The maximum absolute atomic E-state index is 2.51. The molecule has 0 heteroatoms. The first-order chi connectivity index (χ1) is 7.75. The lowest BCUT2D eigenvalue weighted by atomic mass is 9.59. The number of rotatable bonds is 3. The molecule has 6 atom stereocenters. The second kappa shape index (κ2) is 4.35. The molecule has 0 bridgehead atoms. The summed E-state index contributed by atoms with van der Waals surface area (Å²) >= 11 is 0. The highest BCUT2D eigenvalue weighted by molar-refractivity contribution is 4.93. The van der Waals surface area contributed by atoms with Crippen LogP contribution >= 0.6 is 0 Å². The maximum Gasteiger partial charge on any atom is -0.0355 e. The van der Waals surface area contributed by atoms with Crippen LogP contribution in [0.5, 0.6) is 0 Å². The van der Waals surface area contributed by atoms with Crippen LogP contribution in [0, 0.1) is 35.5 Å². The number of hydrogen-bond donors (Lipinski definition) is 0. The van der Waals surface area contributed by atoms with Gasteiger partial charge in [0.1, 0.15) is 0 Å². The van der Waals surface area contributed by atoms with Crippen molar-refractivity contribution >= 4 is 0 Å². The van der Waals surface area contributed by atoms with E-state index in [1.165, 1.54) is 19.3 Å². The molecule has 3 rings (SSSR count). The highest BCUT2D eigenvalue weighted by Gasteiger charge is 2.42. The van der Waals surface area contributed by atoms with E-state index in [0.29, 0.717) is 0 Å². The van der Waals surface area contributed by atoms with Crippen molar-refractivity contribution in [2.24, 2.45) is 35.5 Å². The van der Waals surface area contributed by atoms with E-state index in [1.54, 1.807) is 32.1 Å². The molecular formula is C16H28. The van der Waals surface area contributed by atoms with Crippen LogP contribution in [0.25, 0.3) is 0 Å². The third-order valence-corrected chi connectivity index (χ3v) is 6.36. The first-order valence-corrected chi connectivity index (χ1v) is 7.75. The Morgan fingerprint density at radius 3 is 1.94 bits per heavy atom. The van der Waals surface area contributed by atoms with Gasteiger partial charge in [0, 0.05) is 0 Å². The zero-order valence-electron chi connectivity index (χ0n) is 11.1. The summed E-state index contributed by atoms with van der Waals surface area (Å²) in [6.45, 7) is 4.99. The Balaban J connectivity index is 1.53. The fourth-order valence-electron chi connectivity index (χ4n) is 4.74. The summed E-state index contributed by atoms with van der Waals surface area (Å²) < 4.78 is 0. The van der Waals surface area contributed by atoms with E-state index in [9.17, 15) is 0 Å². The quantitative estimate of drug-likeness (QED) is 0.635. The molecule has 3 fully saturated rings. The van der Waals surface area contributed by atoms with Crippen LogP contribution in [0.2, 0.25) is 0 Å². The van der Waals surface area contributed by atoms with Gasteiger partial charge in [0.25, 0.3) is 0 Å². The minimum atomic E-state index is 1.05. The van der Waals surface area contributed by atoms with Crippen molar-refractivity contribution < 1.29 is 0 Å². The largest absolute Gasteiger partial charge is 0.0622 e. The van der Waals surface area contributed by atoms with E-state index < -0.39 is 0 Å². The Morgan fingerprint density at radius 1 is 0.688 bits per heavy atom. The molecular weight excluding hydrogens is 192 g/mol. The van der Waals surface area contributed by atoms with E-state index >= 15 is 0 Å². The van der Waals surface area contributed by atoms with Gasteiger partial charge in [-0.15, -0.1) is 0 Å². The molecule has 92 valence electrons. The van der Waals surface area contributed by atoms with Gasteiger partial charge in [-0.2, -0.15) is 0 Å². The molecule has 0 aromatic rings. The van der Waals surface area contributed by atoms with E-state index in [0.717, 1.165) is 35.5 Å². The van der Waals surface area contributed by atoms with Gasteiger partial charge in [-0.25, -0.2) is 0 Å². The smallest absolute Gasteiger partial charge is 0.0355 e. The van der Waals surface area contributed by atoms with Crippen molar-refractivity contribution in [1.82, 2.24) is 0 Å². The molecule has 16 heavy (non-hydrogen) atoms. The first-order valence-electron chi connectivity index (χ1n) is 7.75. The highest BCUT2D eigenvalue weighted by Crippen LogP contribution is 2.52. The Kier molecular flexibility index (Phi) is 3.02. The normalized spacial score (nSPS) is 52.1. The van der Waals surface area contributed by atoms with E-state index in [2.05, 4.69) is 13.8 Å². The highest BCUT2D eigenvalue weighted by atomic mass is 14.5. The van der Waals surface area contributed by atoms with E-state index in [-0.39, 0.29) is 0 Å². The van der Waals surface area contributed by atoms with E-state index in [4.69, 9.17) is 0 Å². The monoisotopic (exact) mass is 220 g/mol. The molecule has 0 N–H and O–H groups in total. The minimum Gasteiger partial charge on any atom is -0.0622 e. The Labute approximate surface area is 101 Å².